The number of benzene rings is 1. The van der Waals surface area contributed by atoms with Crippen LogP contribution in [-0.4, -0.2) is 34.2 Å². The smallest absolute Gasteiger partial charge is 0.0365 e. The Hall–Kier alpha value is -1.22. The molecule has 0 heterocycles. The highest BCUT2D eigenvalue weighted by Crippen LogP contribution is 2.18. The number of rotatable bonds is 5. The fourth-order valence-corrected chi connectivity index (χ4v) is 1.46. The number of anilines is 2. The maximum Gasteiger partial charge on any atom is 0.0365 e. The summed E-state index contributed by atoms with van der Waals surface area (Å²) in [4.78, 5) is 4.33. The molecule has 3 heteroatoms. The van der Waals surface area contributed by atoms with E-state index in [0.717, 1.165) is 19.5 Å². The Balaban J connectivity index is 2.62. The van der Waals surface area contributed by atoms with Crippen molar-refractivity contribution in [3.05, 3.63) is 24.3 Å². The first kappa shape index (κ1) is 11.9. The van der Waals surface area contributed by atoms with Crippen LogP contribution in [0, 0.1) is 0 Å². The van der Waals surface area contributed by atoms with Gasteiger partial charge in [-0.1, -0.05) is 0 Å². The zero-order chi connectivity index (χ0) is 11.3. The zero-order valence-corrected chi connectivity index (χ0v) is 9.90. The fourth-order valence-electron chi connectivity index (χ4n) is 1.46. The molecule has 0 saturated carbocycles. The first-order valence-corrected chi connectivity index (χ1v) is 5.33. The summed E-state index contributed by atoms with van der Waals surface area (Å²) in [6, 6.07) is 8.56. The molecule has 0 aliphatic rings. The first-order valence-electron chi connectivity index (χ1n) is 5.33. The van der Waals surface area contributed by atoms with Crippen LogP contribution in [0.15, 0.2) is 24.3 Å². The molecule has 0 amide bonds. The van der Waals surface area contributed by atoms with Crippen LogP contribution >= 0.6 is 0 Å². The van der Waals surface area contributed by atoms with Gasteiger partial charge in [-0.15, -0.1) is 0 Å². The lowest BCUT2D eigenvalue weighted by Crippen LogP contribution is -2.21. The highest BCUT2D eigenvalue weighted by molar-refractivity contribution is 5.55. The van der Waals surface area contributed by atoms with Gasteiger partial charge in [-0.25, -0.2) is 0 Å². The molecule has 0 spiro atoms. The summed E-state index contributed by atoms with van der Waals surface area (Å²) in [5.74, 6) is 0. The standard InChI is InChI=1S/C12H21N3/c1-14(2)11-5-7-12(8-6-11)15(3)10-4-9-13/h5-8H,4,9-10,13H2,1-3H3. The van der Waals surface area contributed by atoms with Crippen LogP contribution in [-0.2, 0) is 0 Å². The lowest BCUT2D eigenvalue weighted by molar-refractivity contribution is 0.796. The van der Waals surface area contributed by atoms with Crippen LogP contribution in [0.2, 0.25) is 0 Å². The van der Waals surface area contributed by atoms with E-state index in [1.807, 2.05) is 14.1 Å². The third kappa shape index (κ3) is 3.44. The first-order chi connectivity index (χ1) is 7.15. The van der Waals surface area contributed by atoms with Crippen LogP contribution in [0.4, 0.5) is 11.4 Å². The third-order valence-corrected chi connectivity index (χ3v) is 2.50. The molecule has 0 radical (unpaired) electrons. The van der Waals surface area contributed by atoms with E-state index in [9.17, 15) is 0 Å². The second kappa shape index (κ2) is 5.61. The van der Waals surface area contributed by atoms with E-state index in [1.54, 1.807) is 0 Å². The average Bonchev–Trinajstić information content (AvgIpc) is 2.26. The Labute approximate surface area is 92.5 Å². The van der Waals surface area contributed by atoms with Crippen molar-refractivity contribution in [2.45, 2.75) is 6.42 Å². The Kier molecular flexibility index (Phi) is 4.43. The molecule has 1 rings (SSSR count). The Morgan fingerprint density at radius 1 is 1.00 bits per heavy atom. The minimum atomic E-state index is 0.750. The highest BCUT2D eigenvalue weighted by Gasteiger charge is 2.00. The van der Waals surface area contributed by atoms with Gasteiger partial charge in [-0.3, -0.25) is 0 Å². The predicted molar refractivity (Wildman–Crippen MR) is 67.7 cm³/mol. The molecule has 0 aliphatic heterocycles. The Bertz CT molecular complexity index is 279. The van der Waals surface area contributed by atoms with Crippen molar-refractivity contribution in [3.8, 4) is 0 Å². The summed E-state index contributed by atoms with van der Waals surface area (Å²) >= 11 is 0. The minimum Gasteiger partial charge on any atom is -0.378 e. The SMILES string of the molecule is CN(C)c1ccc(N(C)CCCN)cc1. The predicted octanol–water partition coefficient (Wildman–Crippen LogP) is 1.54. The summed E-state index contributed by atoms with van der Waals surface area (Å²) in [5, 5.41) is 0. The van der Waals surface area contributed by atoms with Crippen LogP contribution in [0.25, 0.3) is 0 Å². The number of nitrogens with zero attached hydrogens (tertiary/aromatic N) is 2. The average molecular weight is 207 g/mol. The molecule has 0 aromatic heterocycles. The molecule has 2 N–H and O–H groups in total. The molecule has 1 aromatic rings. The van der Waals surface area contributed by atoms with Crippen molar-refractivity contribution in [2.24, 2.45) is 5.73 Å². The molecule has 0 unspecified atom stereocenters. The van der Waals surface area contributed by atoms with Gasteiger partial charge in [0.15, 0.2) is 0 Å². The van der Waals surface area contributed by atoms with Gasteiger partial charge >= 0.3 is 0 Å². The second-order valence-corrected chi connectivity index (χ2v) is 3.97. The maximum atomic E-state index is 5.49. The largest absolute Gasteiger partial charge is 0.378 e. The molecular formula is C12H21N3. The van der Waals surface area contributed by atoms with E-state index in [4.69, 9.17) is 5.73 Å². The molecule has 15 heavy (non-hydrogen) atoms. The Morgan fingerprint density at radius 2 is 1.53 bits per heavy atom. The lowest BCUT2D eigenvalue weighted by Gasteiger charge is -2.20. The number of hydrogen-bond acceptors (Lipinski definition) is 3. The summed E-state index contributed by atoms with van der Waals surface area (Å²) in [6.07, 6.45) is 1.03. The van der Waals surface area contributed by atoms with Gasteiger partial charge in [0.25, 0.3) is 0 Å². The van der Waals surface area contributed by atoms with Gasteiger partial charge in [0.1, 0.15) is 0 Å². The van der Waals surface area contributed by atoms with E-state index in [2.05, 4.69) is 41.1 Å². The third-order valence-electron chi connectivity index (χ3n) is 2.50. The quantitative estimate of drug-likeness (QED) is 0.795. The van der Waals surface area contributed by atoms with Gasteiger partial charge in [0.05, 0.1) is 0 Å². The molecular weight excluding hydrogens is 186 g/mol. The van der Waals surface area contributed by atoms with Crippen molar-refractivity contribution in [2.75, 3.05) is 44.0 Å². The van der Waals surface area contributed by atoms with Crippen molar-refractivity contribution < 1.29 is 0 Å². The Morgan fingerprint density at radius 3 is 2.00 bits per heavy atom. The second-order valence-electron chi connectivity index (χ2n) is 3.97. The zero-order valence-electron chi connectivity index (χ0n) is 9.90. The van der Waals surface area contributed by atoms with E-state index in [1.165, 1.54) is 11.4 Å². The van der Waals surface area contributed by atoms with Crippen LogP contribution < -0.4 is 15.5 Å². The monoisotopic (exact) mass is 207 g/mol. The van der Waals surface area contributed by atoms with Crippen molar-refractivity contribution in [1.29, 1.82) is 0 Å². The summed E-state index contributed by atoms with van der Waals surface area (Å²) in [7, 11) is 6.20. The van der Waals surface area contributed by atoms with E-state index in [-0.39, 0.29) is 0 Å². The topological polar surface area (TPSA) is 32.5 Å². The van der Waals surface area contributed by atoms with Crippen molar-refractivity contribution in [1.82, 2.24) is 0 Å². The molecule has 1 aromatic carbocycles. The van der Waals surface area contributed by atoms with Gasteiger partial charge in [0.2, 0.25) is 0 Å². The van der Waals surface area contributed by atoms with Crippen LogP contribution in [0.1, 0.15) is 6.42 Å². The summed E-state index contributed by atoms with van der Waals surface area (Å²) in [6.45, 7) is 1.76. The van der Waals surface area contributed by atoms with Gasteiger partial charge in [0, 0.05) is 39.1 Å². The van der Waals surface area contributed by atoms with E-state index in [0.29, 0.717) is 0 Å². The lowest BCUT2D eigenvalue weighted by atomic mass is 10.2. The number of hydrogen-bond donors (Lipinski definition) is 1. The van der Waals surface area contributed by atoms with Crippen molar-refractivity contribution >= 4 is 11.4 Å². The van der Waals surface area contributed by atoms with E-state index >= 15 is 0 Å². The van der Waals surface area contributed by atoms with Gasteiger partial charge < -0.3 is 15.5 Å². The fraction of sp³-hybridized carbons (Fsp3) is 0.500. The molecule has 0 aliphatic carbocycles. The molecule has 0 atom stereocenters. The van der Waals surface area contributed by atoms with Gasteiger partial charge in [-0.2, -0.15) is 0 Å². The molecule has 0 fully saturated rings. The van der Waals surface area contributed by atoms with Crippen LogP contribution in [0.5, 0.6) is 0 Å². The number of nitrogens with two attached hydrogens (primary N) is 1. The maximum absolute atomic E-state index is 5.49. The highest BCUT2D eigenvalue weighted by atomic mass is 15.1. The van der Waals surface area contributed by atoms with E-state index < -0.39 is 0 Å². The molecule has 3 nitrogen and oxygen atoms in total. The van der Waals surface area contributed by atoms with Crippen LogP contribution in [0.3, 0.4) is 0 Å². The van der Waals surface area contributed by atoms with Crippen molar-refractivity contribution in [3.63, 3.8) is 0 Å². The summed E-state index contributed by atoms with van der Waals surface area (Å²) in [5.41, 5.74) is 7.96. The molecule has 0 bridgehead atoms. The normalized spacial score (nSPS) is 10.1. The molecule has 0 saturated heterocycles. The van der Waals surface area contributed by atoms with Gasteiger partial charge in [-0.05, 0) is 37.2 Å². The minimum absolute atomic E-state index is 0.750. The molecule has 84 valence electrons. The summed E-state index contributed by atoms with van der Waals surface area (Å²) < 4.78 is 0.